The second kappa shape index (κ2) is 8.33. The van der Waals surface area contributed by atoms with Gasteiger partial charge in [-0.25, -0.2) is 4.39 Å². The minimum absolute atomic E-state index is 0.300. The van der Waals surface area contributed by atoms with Crippen LogP contribution in [0.15, 0.2) is 36.4 Å². The van der Waals surface area contributed by atoms with E-state index in [-0.39, 0.29) is 5.82 Å². The smallest absolute Gasteiger partial charge is 0.173 e. The van der Waals surface area contributed by atoms with Crippen LogP contribution in [0.25, 0.3) is 0 Å². The minimum atomic E-state index is -0.300. The molecule has 0 spiro atoms. The molecule has 1 N–H and O–H groups in total. The number of anilines is 1. The summed E-state index contributed by atoms with van der Waals surface area (Å²) in [5.41, 5.74) is 4.50. The molecule has 1 heterocycles. The molecular weight excluding hydrogens is 369 g/mol. The number of piperazine rings is 1. The lowest BCUT2D eigenvalue weighted by molar-refractivity contribution is 0.177. The number of rotatable bonds is 3. The molecule has 0 aliphatic carbocycles. The number of benzene rings is 2. The van der Waals surface area contributed by atoms with Crippen LogP contribution in [0.3, 0.4) is 0 Å². The molecule has 0 saturated carbocycles. The maximum Gasteiger partial charge on any atom is 0.173 e. The van der Waals surface area contributed by atoms with E-state index in [1.54, 1.807) is 6.07 Å². The molecule has 1 saturated heterocycles. The van der Waals surface area contributed by atoms with E-state index in [0.29, 0.717) is 5.02 Å². The maximum absolute atomic E-state index is 13.2. The van der Waals surface area contributed by atoms with E-state index in [4.69, 9.17) is 23.8 Å². The van der Waals surface area contributed by atoms with Crippen molar-refractivity contribution in [3.05, 3.63) is 63.9 Å². The third kappa shape index (κ3) is 4.72. The second-order valence-electron chi connectivity index (χ2n) is 6.73. The van der Waals surface area contributed by atoms with Gasteiger partial charge in [-0.1, -0.05) is 23.7 Å². The number of aryl methyl sites for hydroxylation is 2. The Morgan fingerprint density at radius 1 is 1.08 bits per heavy atom. The van der Waals surface area contributed by atoms with E-state index < -0.39 is 0 Å². The molecule has 2 aromatic carbocycles. The Morgan fingerprint density at radius 3 is 2.46 bits per heavy atom. The Morgan fingerprint density at radius 2 is 1.81 bits per heavy atom. The number of halogens is 2. The largest absolute Gasteiger partial charge is 0.346 e. The average Bonchev–Trinajstić information content (AvgIpc) is 2.61. The summed E-state index contributed by atoms with van der Waals surface area (Å²) < 4.78 is 13.2. The molecule has 26 heavy (non-hydrogen) atoms. The van der Waals surface area contributed by atoms with E-state index in [1.165, 1.54) is 23.3 Å². The third-order valence-electron chi connectivity index (χ3n) is 4.83. The van der Waals surface area contributed by atoms with Gasteiger partial charge in [0, 0.05) is 43.4 Å². The molecule has 0 amide bonds. The van der Waals surface area contributed by atoms with Crippen molar-refractivity contribution in [2.24, 2.45) is 0 Å². The summed E-state index contributed by atoms with van der Waals surface area (Å²) in [6.07, 6.45) is 0. The molecule has 2 aromatic rings. The van der Waals surface area contributed by atoms with Gasteiger partial charge in [-0.3, -0.25) is 4.90 Å². The van der Waals surface area contributed by atoms with Gasteiger partial charge in [-0.15, -0.1) is 0 Å². The fraction of sp³-hybridized carbons (Fsp3) is 0.350. The van der Waals surface area contributed by atoms with Crippen LogP contribution >= 0.6 is 23.8 Å². The highest BCUT2D eigenvalue weighted by Crippen LogP contribution is 2.20. The fourth-order valence-corrected chi connectivity index (χ4v) is 3.55. The summed E-state index contributed by atoms with van der Waals surface area (Å²) in [4.78, 5) is 4.50. The van der Waals surface area contributed by atoms with Crippen LogP contribution in [0.2, 0.25) is 5.02 Å². The quantitative estimate of drug-likeness (QED) is 0.770. The van der Waals surface area contributed by atoms with Crippen molar-refractivity contribution in [3.8, 4) is 0 Å². The molecule has 3 rings (SSSR count). The molecule has 0 bridgehead atoms. The van der Waals surface area contributed by atoms with Gasteiger partial charge in [-0.05, 0) is 67.0 Å². The molecule has 1 aliphatic rings. The maximum atomic E-state index is 13.2. The van der Waals surface area contributed by atoms with E-state index in [0.717, 1.165) is 49.1 Å². The molecule has 1 aliphatic heterocycles. The fourth-order valence-electron chi connectivity index (χ4n) is 3.02. The van der Waals surface area contributed by atoms with Crippen LogP contribution in [0, 0.1) is 19.7 Å². The molecule has 1 fully saturated rings. The molecule has 3 nitrogen and oxygen atoms in total. The summed E-state index contributed by atoms with van der Waals surface area (Å²) in [7, 11) is 0. The van der Waals surface area contributed by atoms with Gasteiger partial charge in [0.05, 0.1) is 0 Å². The molecular formula is C20H23ClFN3S. The van der Waals surface area contributed by atoms with Crippen molar-refractivity contribution in [3.63, 3.8) is 0 Å². The molecule has 0 aromatic heterocycles. The lowest BCUT2D eigenvalue weighted by Gasteiger charge is -2.36. The standard InChI is InChI=1S/C20H23ClFN3S/c1-14-3-6-18(11-15(14)2)23-20(26)25-9-7-24(8-10-25)13-16-4-5-17(22)12-19(16)21/h3-6,11-12H,7-10,13H2,1-2H3,(H,23,26). The predicted molar refractivity (Wildman–Crippen MR) is 110 cm³/mol. The number of nitrogens with one attached hydrogen (secondary N) is 1. The molecule has 0 atom stereocenters. The Hall–Kier alpha value is -1.69. The third-order valence-corrected chi connectivity index (χ3v) is 5.54. The highest BCUT2D eigenvalue weighted by Gasteiger charge is 2.20. The molecule has 0 radical (unpaired) electrons. The van der Waals surface area contributed by atoms with E-state index >= 15 is 0 Å². The first kappa shape index (κ1) is 19.1. The van der Waals surface area contributed by atoms with Gasteiger partial charge in [0.15, 0.2) is 5.11 Å². The Bertz CT molecular complexity index is 804. The summed E-state index contributed by atoms with van der Waals surface area (Å²) in [5, 5.41) is 4.58. The van der Waals surface area contributed by atoms with Crippen LogP contribution < -0.4 is 5.32 Å². The van der Waals surface area contributed by atoms with Crippen molar-refractivity contribution < 1.29 is 4.39 Å². The van der Waals surface area contributed by atoms with E-state index in [9.17, 15) is 4.39 Å². The number of nitrogens with zero attached hydrogens (tertiary/aromatic N) is 2. The van der Waals surface area contributed by atoms with Crippen LogP contribution in [0.5, 0.6) is 0 Å². The lowest BCUT2D eigenvalue weighted by Crippen LogP contribution is -2.49. The Labute approximate surface area is 164 Å². The number of hydrogen-bond acceptors (Lipinski definition) is 2. The van der Waals surface area contributed by atoms with E-state index in [1.807, 2.05) is 0 Å². The van der Waals surface area contributed by atoms with Crippen molar-refractivity contribution in [2.45, 2.75) is 20.4 Å². The molecule has 6 heteroatoms. The Kier molecular flexibility index (Phi) is 6.12. The lowest BCUT2D eigenvalue weighted by atomic mass is 10.1. The topological polar surface area (TPSA) is 18.5 Å². The zero-order chi connectivity index (χ0) is 18.7. The van der Waals surface area contributed by atoms with Gasteiger partial charge in [0.2, 0.25) is 0 Å². The summed E-state index contributed by atoms with van der Waals surface area (Å²) >= 11 is 11.7. The van der Waals surface area contributed by atoms with Gasteiger partial charge >= 0.3 is 0 Å². The predicted octanol–water partition coefficient (Wildman–Crippen LogP) is 4.61. The number of hydrogen-bond donors (Lipinski definition) is 1. The van der Waals surface area contributed by atoms with Gasteiger partial charge in [-0.2, -0.15) is 0 Å². The van der Waals surface area contributed by atoms with E-state index in [2.05, 4.69) is 47.2 Å². The Balaban J connectivity index is 1.52. The SMILES string of the molecule is Cc1ccc(NC(=S)N2CCN(Cc3ccc(F)cc3Cl)CC2)cc1C. The number of thiocarbonyl (C=S) groups is 1. The first-order valence-electron chi connectivity index (χ1n) is 8.72. The summed E-state index contributed by atoms with van der Waals surface area (Å²) in [6, 6.07) is 10.9. The zero-order valence-electron chi connectivity index (χ0n) is 15.1. The normalized spacial score (nSPS) is 15.2. The van der Waals surface area contributed by atoms with Crippen molar-refractivity contribution >= 4 is 34.6 Å². The summed E-state index contributed by atoms with van der Waals surface area (Å²) in [5.74, 6) is -0.300. The highest BCUT2D eigenvalue weighted by molar-refractivity contribution is 7.80. The van der Waals surface area contributed by atoms with Crippen LogP contribution in [0.4, 0.5) is 10.1 Å². The first-order chi connectivity index (χ1) is 12.4. The highest BCUT2D eigenvalue weighted by atomic mass is 35.5. The molecule has 138 valence electrons. The second-order valence-corrected chi connectivity index (χ2v) is 7.52. The van der Waals surface area contributed by atoms with Gasteiger partial charge in [0.1, 0.15) is 5.82 Å². The average molecular weight is 392 g/mol. The summed E-state index contributed by atoms with van der Waals surface area (Å²) in [6.45, 7) is 8.42. The van der Waals surface area contributed by atoms with Crippen molar-refractivity contribution in [2.75, 3.05) is 31.5 Å². The van der Waals surface area contributed by atoms with Crippen molar-refractivity contribution in [1.29, 1.82) is 0 Å². The van der Waals surface area contributed by atoms with Crippen molar-refractivity contribution in [1.82, 2.24) is 9.80 Å². The first-order valence-corrected chi connectivity index (χ1v) is 9.50. The van der Waals surface area contributed by atoms with Crippen LogP contribution in [-0.4, -0.2) is 41.1 Å². The zero-order valence-corrected chi connectivity index (χ0v) is 16.6. The monoisotopic (exact) mass is 391 g/mol. The molecule has 0 unspecified atom stereocenters. The van der Waals surface area contributed by atoms with Crippen LogP contribution in [-0.2, 0) is 6.54 Å². The minimum Gasteiger partial charge on any atom is -0.346 e. The van der Waals surface area contributed by atoms with Gasteiger partial charge < -0.3 is 10.2 Å². The van der Waals surface area contributed by atoms with Gasteiger partial charge in [0.25, 0.3) is 0 Å². The van der Waals surface area contributed by atoms with Crippen LogP contribution in [0.1, 0.15) is 16.7 Å².